The molecule has 1 aromatic heterocycles. The molecule has 0 atom stereocenters. The molecule has 6 heteroatoms. The number of hydrogen-bond donors (Lipinski definition) is 2. The van der Waals surface area contributed by atoms with E-state index < -0.39 is 0 Å². The molecule has 0 radical (unpaired) electrons. The third kappa shape index (κ3) is 3.39. The minimum Gasteiger partial charge on any atom is -0.346 e. The van der Waals surface area contributed by atoms with Gasteiger partial charge in [-0.05, 0) is 5.56 Å². The second kappa shape index (κ2) is 5.92. The van der Waals surface area contributed by atoms with E-state index in [1.165, 1.54) is 0 Å². The molecule has 2 rings (SSSR count). The van der Waals surface area contributed by atoms with Gasteiger partial charge >= 0.3 is 0 Å². The van der Waals surface area contributed by atoms with Crippen LogP contribution in [0.15, 0.2) is 34.9 Å². The van der Waals surface area contributed by atoms with Gasteiger partial charge in [-0.1, -0.05) is 35.5 Å². The summed E-state index contributed by atoms with van der Waals surface area (Å²) in [5.41, 5.74) is 6.27. The van der Waals surface area contributed by atoms with Crippen LogP contribution >= 0.6 is 0 Å². The first-order valence-corrected chi connectivity index (χ1v) is 5.60. The molecule has 0 saturated heterocycles. The van der Waals surface area contributed by atoms with Gasteiger partial charge in [0.1, 0.15) is 0 Å². The van der Waals surface area contributed by atoms with E-state index in [9.17, 15) is 4.79 Å². The van der Waals surface area contributed by atoms with Gasteiger partial charge in [-0.25, -0.2) is 0 Å². The van der Waals surface area contributed by atoms with Gasteiger partial charge in [-0.3, -0.25) is 4.79 Å². The summed E-state index contributed by atoms with van der Waals surface area (Å²) in [6.07, 6.45) is 0.606. The van der Waals surface area contributed by atoms with Crippen LogP contribution < -0.4 is 11.1 Å². The highest BCUT2D eigenvalue weighted by molar-refractivity contribution is 5.77. The summed E-state index contributed by atoms with van der Waals surface area (Å²) in [5, 5.41) is 6.41. The van der Waals surface area contributed by atoms with Crippen molar-refractivity contribution in [3.63, 3.8) is 0 Å². The number of carbonyl (C=O) groups is 1. The first kappa shape index (κ1) is 12.3. The summed E-state index contributed by atoms with van der Waals surface area (Å²) in [7, 11) is 0. The van der Waals surface area contributed by atoms with E-state index in [0.717, 1.165) is 5.56 Å². The highest BCUT2D eigenvalue weighted by Gasteiger charge is 2.07. The average Bonchev–Trinajstić information content (AvgIpc) is 2.85. The second-order valence-electron chi connectivity index (χ2n) is 3.75. The van der Waals surface area contributed by atoms with E-state index in [-0.39, 0.29) is 19.0 Å². The molecule has 18 heavy (non-hydrogen) atoms. The van der Waals surface area contributed by atoms with Crippen molar-refractivity contribution in [2.75, 3.05) is 6.54 Å². The Balaban J connectivity index is 1.92. The number of benzene rings is 1. The van der Waals surface area contributed by atoms with Gasteiger partial charge in [0.25, 0.3) is 0 Å². The number of aromatic nitrogens is 2. The fraction of sp³-hybridized carbons (Fsp3) is 0.250. The number of rotatable bonds is 5. The highest BCUT2D eigenvalue weighted by Crippen LogP contribution is 2.06. The monoisotopic (exact) mass is 246 g/mol. The minimum absolute atomic E-state index is 0.0506. The molecule has 0 aliphatic heterocycles. The Morgan fingerprint density at radius 1 is 1.33 bits per heavy atom. The molecule has 0 unspecified atom stereocenters. The Kier molecular flexibility index (Phi) is 4.03. The fourth-order valence-corrected chi connectivity index (χ4v) is 1.46. The van der Waals surface area contributed by atoms with Crippen molar-refractivity contribution < 1.29 is 9.32 Å². The number of hydrogen-bond acceptors (Lipinski definition) is 5. The van der Waals surface area contributed by atoms with Crippen molar-refractivity contribution in [3.05, 3.63) is 47.6 Å². The topological polar surface area (TPSA) is 94.0 Å². The molecule has 0 spiro atoms. The van der Waals surface area contributed by atoms with Crippen LogP contribution in [0.3, 0.4) is 0 Å². The van der Waals surface area contributed by atoms with Gasteiger partial charge in [0.15, 0.2) is 5.82 Å². The van der Waals surface area contributed by atoms with Crippen LogP contribution in [0.1, 0.15) is 17.3 Å². The molecule has 0 aliphatic carbocycles. The maximum Gasteiger partial charge on any atom is 0.246 e. The molecule has 0 bridgehead atoms. The van der Waals surface area contributed by atoms with Crippen LogP contribution in [-0.4, -0.2) is 22.6 Å². The molecule has 6 nitrogen and oxygen atoms in total. The summed E-state index contributed by atoms with van der Waals surface area (Å²) in [6, 6.07) is 9.85. The quantitative estimate of drug-likeness (QED) is 0.787. The van der Waals surface area contributed by atoms with Crippen molar-refractivity contribution in [2.45, 2.75) is 13.0 Å². The highest BCUT2D eigenvalue weighted by atomic mass is 16.5. The summed E-state index contributed by atoms with van der Waals surface area (Å²) in [4.78, 5) is 15.1. The van der Waals surface area contributed by atoms with E-state index in [2.05, 4.69) is 15.5 Å². The molecule has 1 aromatic carbocycles. The van der Waals surface area contributed by atoms with Gasteiger partial charge in [-0.2, -0.15) is 4.98 Å². The number of nitrogens with one attached hydrogen (secondary N) is 1. The SMILES string of the molecule is NCC(=O)NCc1nc(Cc2ccccc2)no1. The number of nitrogens with two attached hydrogens (primary N) is 1. The Morgan fingerprint density at radius 3 is 2.83 bits per heavy atom. The van der Waals surface area contributed by atoms with Crippen molar-refractivity contribution in [2.24, 2.45) is 5.73 Å². The largest absolute Gasteiger partial charge is 0.346 e. The zero-order valence-corrected chi connectivity index (χ0v) is 9.80. The standard InChI is InChI=1S/C12H14N4O2/c13-7-11(17)14-8-12-15-10(16-18-12)6-9-4-2-1-3-5-9/h1-5H,6-8,13H2,(H,14,17). The van der Waals surface area contributed by atoms with Gasteiger partial charge in [0.2, 0.25) is 11.8 Å². The normalized spacial score (nSPS) is 10.3. The summed E-state index contributed by atoms with van der Waals surface area (Å²) in [5.74, 6) is 0.721. The molecule has 0 aliphatic rings. The lowest BCUT2D eigenvalue weighted by Gasteiger charge is -1.97. The first-order chi connectivity index (χ1) is 8.78. The maximum atomic E-state index is 11.0. The van der Waals surface area contributed by atoms with Crippen LogP contribution in [0, 0.1) is 0 Å². The zero-order chi connectivity index (χ0) is 12.8. The second-order valence-corrected chi connectivity index (χ2v) is 3.75. The van der Waals surface area contributed by atoms with Crippen molar-refractivity contribution in [1.82, 2.24) is 15.5 Å². The average molecular weight is 246 g/mol. The third-order valence-electron chi connectivity index (χ3n) is 2.34. The van der Waals surface area contributed by atoms with E-state index in [4.69, 9.17) is 10.3 Å². The molecule has 3 N–H and O–H groups in total. The van der Waals surface area contributed by atoms with Gasteiger partial charge in [-0.15, -0.1) is 0 Å². The number of carbonyl (C=O) groups excluding carboxylic acids is 1. The smallest absolute Gasteiger partial charge is 0.246 e. The molecule has 0 fully saturated rings. The van der Waals surface area contributed by atoms with Crippen LogP contribution in [0.4, 0.5) is 0 Å². The van der Waals surface area contributed by atoms with Gasteiger partial charge in [0.05, 0.1) is 13.1 Å². The Hall–Kier alpha value is -2.21. The Bertz CT molecular complexity index is 510. The lowest BCUT2D eigenvalue weighted by Crippen LogP contribution is -2.29. The van der Waals surface area contributed by atoms with Crippen LogP contribution in [0.25, 0.3) is 0 Å². The summed E-state index contributed by atoms with van der Waals surface area (Å²) < 4.78 is 5.02. The summed E-state index contributed by atoms with van der Waals surface area (Å²) in [6.45, 7) is 0.156. The number of nitrogens with zero attached hydrogens (tertiary/aromatic N) is 2. The summed E-state index contributed by atoms with van der Waals surface area (Å²) >= 11 is 0. The lowest BCUT2D eigenvalue weighted by molar-refractivity contribution is -0.120. The molecule has 2 aromatic rings. The van der Waals surface area contributed by atoms with E-state index in [0.29, 0.717) is 18.1 Å². The third-order valence-corrected chi connectivity index (χ3v) is 2.34. The Morgan fingerprint density at radius 2 is 2.11 bits per heavy atom. The van der Waals surface area contributed by atoms with Crippen molar-refractivity contribution in [1.29, 1.82) is 0 Å². The van der Waals surface area contributed by atoms with E-state index >= 15 is 0 Å². The lowest BCUT2D eigenvalue weighted by atomic mass is 10.1. The molecule has 94 valence electrons. The fourth-order valence-electron chi connectivity index (χ4n) is 1.46. The van der Waals surface area contributed by atoms with Crippen molar-refractivity contribution >= 4 is 5.91 Å². The van der Waals surface area contributed by atoms with Crippen LogP contribution in [-0.2, 0) is 17.8 Å². The molecule has 0 saturated carbocycles. The first-order valence-electron chi connectivity index (χ1n) is 5.60. The van der Waals surface area contributed by atoms with Crippen LogP contribution in [0.2, 0.25) is 0 Å². The van der Waals surface area contributed by atoms with Gasteiger partial charge in [0, 0.05) is 6.42 Å². The van der Waals surface area contributed by atoms with Gasteiger partial charge < -0.3 is 15.6 Å². The predicted molar refractivity (Wildman–Crippen MR) is 64.4 cm³/mol. The zero-order valence-electron chi connectivity index (χ0n) is 9.80. The molecular formula is C12H14N4O2. The van der Waals surface area contributed by atoms with Crippen molar-refractivity contribution in [3.8, 4) is 0 Å². The maximum absolute atomic E-state index is 11.0. The Labute approximate surface area is 104 Å². The predicted octanol–water partition coefficient (Wildman–Crippen LogP) is 0.235. The molecule has 1 amide bonds. The molecule has 1 heterocycles. The number of amides is 1. The molecular weight excluding hydrogens is 232 g/mol. The van der Waals surface area contributed by atoms with E-state index in [1.54, 1.807) is 0 Å². The minimum atomic E-state index is -0.252. The van der Waals surface area contributed by atoms with Crippen LogP contribution in [0.5, 0.6) is 0 Å². The van der Waals surface area contributed by atoms with E-state index in [1.807, 2.05) is 30.3 Å².